The van der Waals surface area contributed by atoms with Gasteiger partial charge in [0, 0.05) is 13.2 Å². The number of aliphatic hydroxyl groups excluding tert-OH is 2. The molecule has 0 fully saturated rings. The van der Waals surface area contributed by atoms with Crippen LogP contribution in [0.15, 0.2) is 0 Å². The molecule has 0 spiro atoms. The molecule has 92 valence electrons. The van der Waals surface area contributed by atoms with E-state index in [1.165, 1.54) is 25.7 Å². The molecule has 0 saturated heterocycles. The molecule has 0 aromatic carbocycles. The standard InChI is InChI=1S/C13H28O2/c1-3-12(8-6-5-7-9-14)10-13(4-2)11-15/h12-15H,3-11H2,1-2H3. The molecule has 2 nitrogen and oxygen atoms in total. The molecule has 0 bridgehead atoms. The minimum Gasteiger partial charge on any atom is -0.396 e. The van der Waals surface area contributed by atoms with E-state index in [-0.39, 0.29) is 0 Å². The number of aliphatic hydroxyl groups is 2. The molecule has 2 heteroatoms. The van der Waals surface area contributed by atoms with Gasteiger partial charge in [-0.3, -0.25) is 0 Å². The van der Waals surface area contributed by atoms with Gasteiger partial charge >= 0.3 is 0 Å². The molecule has 0 aromatic heterocycles. The fourth-order valence-corrected chi connectivity index (χ4v) is 2.05. The fraction of sp³-hybridized carbons (Fsp3) is 1.00. The average molecular weight is 216 g/mol. The Hall–Kier alpha value is -0.0800. The number of rotatable bonds is 10. The lowest BCUT2D eigenvalue weighted by Gasteiger charge is -2.20. The van der Waals surface area contributed by atoms with Crippen LogP contribution in [0.25, 0.3) is 0 Å². The zero-order chi connectivity index (χ0) is 11.5. The van der Waals surface area contributed by atoms with E-state index in [0.717, 1.165) is 25.2 Å². The highest BCUT2D eigenvalue weighted by Gasteiger charge is 2.12. The van der Waals surface area contributed by atoms with Crippen LogP contribution in [0.5, 0.6) is 0 Å². The van der Waals surface area contributed by atoms with Crippen molar-refractivity contribution in [3.63, 3.8) is 0 Å². The molecule has 0 heterocycles. The van der Waals surface area contributed by atoms with Gasteiger partial charge in [0.05, 0.1) is 0 Å². The summed E-state index contributed by atoms with van der Waals surface area (Å²) < 4.78 is 0. The van der Waals surface area contributed by atoms with E-state index >= 15 is 0 Å². The Morgan fingerprint density at radius 1 is 0.867 bits per heavy atom. The summed E-state index contributed by atoms with van der Waals surface area (Å²) in [6, 6.07) is 0. The fourth-order valence-electron chi connectivity index (χ4n) is 2.05. The SMILES string of the molecule is CCC(CO)CC(CC)CCCCCO. The van der Waals surface area contributed by atoms with Crippen LogP contribution in [0.3, 0.4) is 0 Å². The van der Waals surface area contributed by atoms with Crippen LogP contribution in [0.4, 0.5) is 0 Å². The Kier molecular flexibility index (Phi) is 10.4. The molecular weight excluding hydrogens is 188 g/mol. The molecule has 15 heavy (non-hydrogen) atoms. The molecule has 0 aromatic rings. The third kappa shape index (κ3) is 7.80. The highest BCUT2D eigenvalue weighted by Crippen LogP contribution is 2.23. The Morgan fingerprint density at radius 3 is 2.00 bits per heavy atom. The summed E-state index contributed by atoms with van der Waals surface area (Å²) in [7, 11) is 0. The Bertz CT molecular complexity index is 122. The molecule has 0 amide bonds. The summed E-state index contributed by atoms with van der Waals surface area (Å²) in [5.74, 6) is 1.26. The third-order valence-electron chi connectivity index (χ3n) is 3.35. The van der Waals surface area contributed by atoms with E-state index in [2.05, 4.69) is 13.8 Å². The summed E-state index contributed by atoms with van der Waals surface area (Å²) >= 11 is 0. The highest BCUT2D eigenvalue weighted by atomic mass is 16.3. The van der Waals surface area contributed by atoms with Crippen molar-refractivity contribution in [1.82, 2.24) is 0 Å². The van der Waals surface area contributed by atoms with E-state index < -0.39 is 0 Å². The van der Waals surface area contributed by atoms with Crippen LogP contribution in [0, 0.1) is 11.8 Å². The van der Waals surface area contributed by atoms with Gasteiger partial charge in [0.1, 0.15) is 0 Å². The first-order valence-corrected chi connectivity index (χ1v) is 6.50. The lowest BCUT2D eigenvalue weighted by molar-refractivity contribution is 0.190. The van der Waals surface area contributed by atoms with Crippen LogP contribution < -0.4 is 0 Å². The molecule has 0 radical (unpaired) electrons. The van der Waals surface area contributed by atoms with E-state index in [0.29, 0.717) is 19.1 Å². The topological polar surface area (TPSA) is 40.5 Å². The molecule has 2 unspecified atom stereocenters. The maximum absolute atomic E-state index is 9.15. The number of hydrogen-bond donors (Lipinski definition) is 2. The van der Waals surface area contributed by atoms with Gasteiger partial charge in [-0.25, -0.2) is 0 Å². The molecule has 0 aliphatic rings. The van der Waals surface area contributed by atoms with Crippen LogP contribution in [0.2, 0.25) is 0 Å². The highest BCUT2D eigenvalue weighted by molar-refractivity contribution is 4.64. The second-order valence-electron chi connectivity index (χ2n) is 4.54. The molecule has 2 atom stereocenters. The van der Waals surface area contributed by atoms with E-state index in [9.17, 15) is 0 Å². The normalized spacial score (nSPS) is 15.2. The van der Waals surface area contributed by atoms with Gasteiger partial charge in [0.2, 0.25) is 0 Å². The number of unbranched alkanes of at least 4 members (excludes halogenated alkanes) is 2. The van der Waals surface area contributed by atoms with Gasteiger partial charge < -0.3 is 10.2 Å². The molecule has 0 rings (SSSR count). The molecule has 2 N–H and O–H groups in total. The summed E-state index contributed by atoms with van der Waals surface area (Å²) in [5, 5.41) is 17.8. The second kappa shape index (κ2) is 10.4. The summed E-state index contributed by atoms with van der Waals surface area (Å²) in [6.45, 7) is 5.05. The van der Waals surface area contributed by atoms with Crippen molar-refractivity contribution < 1.29 is 10.2 Å². The zero-order valence-corrected chi connectivity index (χ0v) is 10.4. The largest absolute Gasteiger partial charge is 0.396 e. The Morgan fingerprint density at radius 2 is 1.53 bits per heavy atom. The van der Waals surface area contributed by atoms with E-state index in [1.807, 2.05) is 0 Å². The van der Waals surface area contributed by atoms with Crippen molar-refractivity contribution >= 4 is 0 Å². The van der Waals surface area contributed by atoms with Crippen molar-refractivity contribution in [3.8, 4) is 0 Å². The minimum absolute atomic E-state index is 0.324. The van der Waals surface area contributed by atoms with Crippen LogP contribution in [-0.4, -0.2) is 23.4 Å². The smallest absolute Gasteiger partial charge is 0.0459 e. The molecular formula is C13H28O2. The third-order valence-corrected chi connectivity index (χ3v) is 3.35. The monoisotopic (exact) mass is 216 g/mol. The summed E-state index contributed by atoms with van der Waals surface area (Å²) in [5.41, 5.74) is 0. The van der Waals surface area contributed by atoms with Crippen LogP contribution in [0.1, 0.15) is 58.8 Å². The van der Waals surface area contributed by atoms with Gasteiger partial charge in [0.25, 0.3) is 0 Å². The van der Waals surface area contributed by atoms with Crippen molar-refractivity contribution in [2.75, 3.05) is 13.2 Å². The summed E-state index contributed by atoms with van der Waals surface area (Å²) in [4.78, 5) is 0. The quantitative estimate of drug-likeness (QED) is 0.551. The van der Waals surface area contributed by atoms with E-state index in [4.69, 9.17) is 10.2 Å². The lowest BCUT2D eigenvalue weighted by Crippen LogP contribution is -2.11. The molecule has 0 saturated carbocycles. The lowest BCUT2D eigenvalue weighted by atomic mass is 9.87. The van der Waals surface area contributed by atoms with Gasteiger partial charge in [-0.05, 0) is 24.7 Å². The van der Waals surface area contributed by atoms with Crippen molar-refractivity contribution in [2.45, 2.75) is 58.8 Å². The van der Waals surface area contributed by atoms with Crippen molar-refractivity contribution in [3.05, 3.63) is 0 Å². The Labute approximate surface area is 94.7 Å². The van der Waals surface area contributed by atoms with Crippen molar-refractivity contribution in [1.29, 1.82) is 0 Å². The molecule has 0 aliphatic carbocycles. The first-order valence-electron chi connectivity index (χ1n) is 6.50. The predicted molar refractivity (Wildman–Crippen MR) is 64.8 cm³/mol. The first-order chi connectivity index (χ1) is 7.28. The first kappa shape index (κ1) is 14.9. The maximum atomic E-state index is 9.15. The predicted octanol–water partition coefficient (Wildman–Crippen LogP) is 2.97. The summed E-state index contributed by atoms with van der Waals surface area (Å²) in [6.07, 6.45) is 8.03. The van der Waals surface area contributed by atoms with E-state index in [1.54, 1.807) is 0 Å². The van der Waals surface area contributed by atoms with Crippen LogP contribution >= 0.6 is 0 Å². The van der Waals surface area contributed by atoms with Gasteiger partial charge in [-0.1, -0.05) is 46.0 Å². The van der Waals surface area contributed by atoms with Gasteiger partial charge in [-0.15, -0.1) is 0 Å². The maximum Gasteiger partial charge on any atom is 0.0459 e. The minimum atomic E-state index is 0.324. The van der Waals surface area contributed by atoms with Crippen LogP contribution in [-0.2, 0) is 0 Å². The zero-order valence-electron chi connectivity index (χ0n) is 10.4. The van der Waals surface area contributed by atoms with Gasteiger partial charge in [0.15, 0.2) is 0 Å². The Balaban J connectivity index is 3.61. The molecule has 0 aliphatic heterocycles. The second-order valence-corrected chi connectivity index (χ2v) is 4.54. The average Bonchev–Trinajstić information content (AvgIpc) is 2.28. The van der Waals surface area contributed by atoms with Crippen molar-refractivity contribution in [2.24, 2.45) is 11.8 Å². The van der Waals surface area contributed by atoms with Gasteiger partial charge in [-0.2, -0.15) is 0 Å². The number of hydrogen-bond acceptors (Lipinski definition) is 2.